The predicted octanol–water partition coefficient (Wildman–Crippen LogP) is 0.0747. The van der Waals surface area contributed by atoms with Gasteiger partial charge < -0.3 is 10.5 Å². The number of hydrogen-bond donors (Lipinski definition) is 3. The number of nitrogen functional groups attached to an aromatic ring is 1. The van der Waals surface area contributed by atoms with E-state index in [1.807, 2.05) is 6.07 Å². The SMILES string of the molecule is NNC(Cc1cnccc1N)C1CCOC1. The summed E-state index contributed by atoms with van der Waals surface area (Å²) in [6, 6.07) is 2.02. The number of nitrogens with two attached hydrogens (primary N) is 2. The number of hydrazine groups is 1. The zero-order valence-electron chi connectivity index (χ0n) is 9.23. The Morgan fingerprint density at radius 2 is 2.50 bits per heavy atom. The van der Waals surface area contributed by atoms with Crippen LogP contribution in [0.1, 0.15) is 12.0 Å². The standard InChI is InChI=1S/C11H18N4O/c12-10-1-3-14-6-9(10)5-11(15-13)8-2-4-16-7-8/h1,3,6,8,11,15H,2,4-5,7,13H2,(H2,12,14). The molecule has 1 aromatic heterocycles. The van der Waals surface area contributed by atoms with E-state index in [1.165, 1.54) is 0 Å². The van der Waals surface area contributed by atoms with Gasteiger partial charge in [0.1, 0.15) is 0 Å². The van der Waals surface area contributed by atoms with Gasteiger partial charge in [0.15, 0.2) is 0 Å². The van der Waals surface area contributed by atoms with Crippen LogP contribution in [0, 0.1) is 5.92 Å². The first-order valence-corrected chi connectivity index (χ1v) is 5.53. The Balaban J connectivity index is 2.03. The van der Waals surface area contributed by atoms with Crippen molar-refractivity contribution in [2.24, 2.45) is 11.8 Å². The van der Waals surface area contributed by atoms with Crippen LogP contribution in [0.15, 0.2) is 18.5 Å². The maximum atomic E-state index is 5.88. The van der Waals surface area contributed by atoms with Crippen molar-refractivity contribution in [3.63, 3.8) is 0 Å². The Labute approximate surface area is 95.1 Å². The smallest absolute Gasteiger partial charge is 0.0510 e. The van der Waals surface area contributed by atoms with Crippen molar-refractivity contribution >= 4 is 5.69 Å². The third kappa shape index (κ3) is 2.49. The second-order valence-corrected chi connectivity index (χ2v) is 4.18. The van der Waals surface area contributed by atoms with E-state index < -0.39 is 0 Å². The van der Waals surface area contributed by atoms with E-state index in [2.05, 4.69) is 10.4 Å². The maximum absolute atomic E-state index is 5.88. The number of rotatable bonds is 4. The van der Waals surface area contributed by atoms with Crippen molar-refractivity contribution in [2.45, 2.75) is 18.9 Å². The van der Waals surface area contributed by atoms with E-state index in [9.17, 15) is 0 Å². The fraction of sp³-hybridized carbons (Fsp3) is 0.545. The number of hydrogen-bond acceptors (Lipinski definition) is 5. The molecule has 0 radical (unpaired) electrons. The topological polar surface area (TPSA) is 86.2 Å². The summed E-state index contributed by atoms with van der Waals surface area (Å²) in [6.45, 7) is 1.60. The van der Waals surface area contributed by atoms with Gasteiger partial charge in [-0.2, -0.15) is 0 Å². The van der Waals surface area contributed by atoms with Gasteiger partial charge in [0.05, 0.1) is 6.61 Å². The third-order valence-electron chi connectivity index (χ3n) is 3.13. The van der Waals surface area contributed by atoms with Crippen LogP contribution in [-0.4, -0.2) is 24.2 Å². The summed E-state index contributed by atoms with van der Waals surface area (Å²) in [6.07, 6.45) is 5.34. The van der Waals surface area contributed by atoms with Gasteiger partial charge in [-0.25, -0.2) is 0 Å². The lowest BCUT2D eigenvalue weighted by Crippen LogP contribution is -2.42. The molecular weight excluding hydrogens is 204 g/mol. The normalized spacial score (nSPS) is 22.2. The highest BCUT2D eigenvalue weighted by Crippen LogP contribution is 2.21. The number of nitrogens with zero attached hydrogens (tertiary/aromatic N) is 1. The number of pyridine rings is 1. The molecule has 88 valence electrons. The van der Waals surface area contributed by atoms with Gasteiger partial charge >= 0.3 is 0 Å². The summed E-state index contributed by atoms with van der Waals surface area (Å²) in [5.74, 6) is 6.05. The lowest BCUT2D eigenvalue weighted by atomic mass is 9.93. The second-order valence-electron chi connectivity index (χ2n) is 4.18. The summed E-state index contributed by atoms with van der Waals surface area (Å²) in [5, 5.41) is 0. The average Bonchev–Trinajstić information content (AvgIpc) is 2.81. The van der Waals surface area contributed by atoms with Crippen LogP contribution >= 0.6 is 0 Å². The van der Waals surface area contributed by atoms with E-state index in [4.69, 9.17) is 16.3 Å². The minimum absolute atomic E-state index is 0.203. The summed E-state index contributed by atoms with van der Waals surface area (Å²) in [4.78, 5) is 4.08. The van der Waals surface area contributed by atoms with Gasteiger partial charge in [-0.05, 0) is 24.5 Å². The van der Waals surface area contributed by atoms with Crippen molar-refractivity contribution in [2.75, 3.05) is 18.9 Å². The Bertz CT molecular complexity index is 339. The number of aromatic nitrogens is 1. The summed E-state index contributed by atoms with van der Waals surface area (Å²) >= 11 is 0. The molecule has 1 aliphatic rings. The first kappa shape index (κ1) is 11.3. The summed E-state index contributed by atoms with van der Waals surface area (Å²) in [5.41, 5.74) is 10.6. The van der Waals surface area contributed by atoms with Gasteiger partial charge in [0, 0.05) is 36.6 Å². The Hall–Kier alpha value is -1.17. The highest BCUT2D eigenvalue weighted by molar-refractivity contribution is 5.44. The Morgan fingerprint density at radius 1 is 1.62 bits per heavy atom. The minimum atomic E-state index is 0.203. The van der Waals surface area contributed by atoms with E-state index in [1.54, 1.807) is 12.4 Å². The lowest BCUT2D eigenvalue weighted by Gasteiger charge is -2.21. The number of nitrogens with one attached hydrogen (secondary N) is 1. The quantitative estimate of drug-likeness (QED) is 0.496. The molecule has 0 amide bonds. The molecule has 1 aromatic rings. The van der Waals surface area contributed by atoms with Crippen LogP contribution < -0.4 is 17.0 Å². The molecule has 1 fully saturated rings. The van der Waals surface area contributed by atoms with E-state index in [0.717, 1.165) is 37.3 Å². The van der Waals surface area contributed by atoms with Gasteiger partial charge in [-0.15, -0.1) is 0 Å². The molecular formula is C11H18N4O. The molecule has 2 atom stereocenters. The average molecular weight is 222 g/mol. The van der Waals surface area contributed by atoms with Crippen molar-refractivity contribution in [3.8, 4) is 0 Å². The molecule has 2 unspecified atom stereocenters. The lowest BCUT2D eigenvalue weighted by molar-refractivity contribution is 0.176. The van der Waals surface area contributed by atoms with Gasteiger partial charge in [0.2, 0.25) is 0 Å². The van der Waals surface area contributed by atoms with Crippen molar-refractivity contribution in [3.05, 3.63) is 24.0 Å². The molecule has 5 nitrogen and oxygen atoms in total. The molecule has 16 heavy (non-hydrogen) atoms. The maximum Gasteiger partial charge on any atom is 0.0510 e. The number of ether oxygens (including phenoxy) is 1. The van der Waals surface area contributed by atoms with Gasteiger partial charge in [-0.3, -0.25) is 16.3 Å². The fourth-order valence-electron chi connectivity index (χ4n) is 2.08. The molecule has 2 rings (SSSR count). The second kappa shape index (κ2) is 5.25. The zero-order chi connectivity index (χ0) is 11.4. The van der Waals surface area contributed by atoms with Crippen LogP contribution in [0.3, 0.4) is 0 Å². The van der Waals surface area contributed by atoms with Gasteiger partial charge in [0.25, 0.3) is 0 Å². The fourth-order valence-corrected chi connectivity index (χ4v) is 2.08. The molecule has 0 bridgehead atoms. The molecule has 0 aromatic carbocycles. The van der Waals surface area contributed by atoms with Crippen LogP contribution in [0.5, 0.6) is 0 Å². The van der Waals surface area contributed by atoms with Crippen LogP contribution in [0.2, 0.25) is 0 Å². The van der Waals surface area contributed by atoms with E-state index in [-0.39, 0.29) is 6.04 Å². The van der Waals surface area contributed by atoms with Crippen LogP contribution in [0.4, 0.5) is 5.69 Å². The Morgan fingerprint density at radius 3 is 3.12 bits per heavy atom. The largest absolute Gasteiger partial charge is 0.398 e. The minimum Gasteiger partial charge on any atom is -0.398 e. The highest BCUT2D eigenvalue weighted by atomic mass is 16.5. The van der Waals surface area contributed by atoms with Crippen LogP contribution in [0.25, 0.3) is 0 Å². The van der Waals surface area contributed by atoms with Gasteiger partial charge in [-0.1, -0.05) is 0 Å². The molecule has 0 spiro atoms. The first-order valence-electron chi connectivity index (χ1n) is 5.53. The van der Waals surface area contributed by atoms with Crippen molar-refractivity contribution in [1.29, 1.82) is 0 Å². The summed E-state index contributed by atoms with van der Waals surface area (Å²) < 4.78 is 5.37. The summed E-state index contributed by atoms with van der Waals surface area (Å²) in [7, 11) is 0. The monoisotopic (exact) mass is 222 g/mol. The number of anilines is 1. The molecule has 5 heteroatoms. The van der Waals surface area contributed by atoms with Crippen molar-refractivity contribution < 1.29 is 4.74 Å². The molecule has 1 saturated heterocycles. The zero-order valence-corrected chi connectivity index (χ0v) is 9.23. The third-order valence-corrected chi connectivity index (χ3v) is 3.13. The molecule has 1 aliphatic heterocycles. The molecule has 0 saturated carbocycles. The first-order chi connectivity index (χ1) is 7.81. The van der Waals surface area contributed by atoms with Crippen LogP contribution in [-0.2, 0) is 11.2 Å². The molecule has 2 heterocycles. The predicted molar refractivity (Wildman–Crippen MR) is 62.4 cm³/mol. The highest BCUT2D eigenvalue weighted by Gasteiger charge is 2.25. The Kier molecular flexibility index (Phi) is 3.71. The molecule has 5 N–H and O–H groups in total. The van der Waals surface area contributed by atoms with E-state index >= 15 is 0 Å². The van der Waals surface area contributed by atoms with E-state index in [0.29, 0.717) is 5.92 Å². The molecule has 0 aliphatic carbocycles. The van der Waals surface area contributed by atoms with Crippen molar-refractivity contribution in [1.82, 2.24) is 10.4 Å².